The Bertz CT molecular complexity index is 1290. The maximum Gasteiger partial charge on any atom is 0.0565 e. The fraction of sp³-hybridized carbons (Fsp3) is 0.0968. The minimum atomic E-state index is -0.0928. The average molecular weight is 444 g/mol. The van der Waals surface area contributed by atoms with Gasteiger partial charge in [0.05, 0.1) is 5.54 Å². The van der Waals surface area contributed by atoms with E-state index in [1.807, 2.05) is 18.2 Å². The molecule has 0 aromatic heterocycles. The number of allylic oxidation sites excluding steroid dienone is 2. The van der Waals surface area contributed by atoms with Crippen molar-refractivity contribution in [1.82, 2.24) is 0 Å². The van der Waals surface area contributed by atoms with Crippen LogP contribution < -0.4 is 15.5 Å². The molecule has 0 saturated heterocycles. The molecule has 0 amide bonds. The Balaban J connectivity index is 1.50. The van der Waals surface area contributed by atoms with Gasteiger partial charge in [-0.25, -0.2) is 0 Å². The summed E-state index contributed by atoms with van der Waals surface area (Å²) < 4.78 is 0. The Morgan fingerprint density at radius 3 is 1.88 bits per heavy atom. The SMILES string of the molecule is CC1(Nc2cccc(N(c3ccccc3)c3cccc(Nc4ccccc4)c3)c2)C=CC=CC1. The van der Waals surface area contributed by atoms with Crippen LogP contribution in [0.1, 0.15) is 13.3 Å². The monoisotopic (exact) mass is 443 g/mol. The number of nitrogens with one attached hydrogen (secondary N) is 2. The van der Waals surface area contributed by atoms with Crippen molar-refractivity contribution >= 4 is 34.1 Å². The van der Waals surface area contributed by atoms with Crippen LogP contribution in [0.3, 0.4) is 0 Å². The molecule has 4 aromatic carbocycles. The van der Waals surface area contributed by atoms with E-state index in [1.165, 1.54) is 0 Å². The van der Waals surface area contributed by atoms with Gasteiger partial charge in [0.15, 0.2) is 0 Å². The lowest BCUT2D eigenvalue weighted by molar-refractivity contribution is 0.641. The minimum absolute atomic E-state index is 0.0928. The lowest BCUT2D eigenvalue weighted by atomic mass is 9.93. The number of rotatable bonds is 7. The van der Waals surface area contributed by atoms with Gasteiger partial charge in [-0.1, -0.05) is 72.8 Å². The molecule has 0 spiro atoms. The molecule has 34 heavy (non-hydrogen) atoms. The first-order valence-electron chi connectivity index (χ1n) is 11.7. The second-order valence-corrected chi connectivity index (χ2v) is 8.80. The normalized spacial score (nSPS) is 16.7. The molecule has 0 heterocycles. The van der Waals surface area contributed by atoms with Crippen LogP contribution in [-0.2, 0) is 0 Å². The smallest absolute Gasteiger partial charge is 0.0565 e. The molecule has 3 heteroatoms. The molecule has 0 radical (unpaired) electrons. The molecule has 1 atom stereocenters. The number of hydrogen-bond donors (Lipinski definition) is 2. The van der Waals surface area contributed by atoms with Gasteiger partial charge in [0.25, 0.3) is 0 Å². The van der Waals surface area contributed by atoms with Crippen LogP contribution in [0, 0.1) is 0 Å². The van der Waals surface area contributed by atoms with Crippen molar-refractivity contribution in [1.29, 1.82) is 0 Å². The van der Waals surface area contributed by atoms with Crippen molar-refractivity contribution < 1.29 is 0 Å². The zero-order chi connectivity index (χ0) is 23.2. The summed E-state index contributed by atoms with van der Waals surface area (Å²) in [4.78, 5) is 2.29. The molecule has 1 aliphatic carbocycles. The van der Waals surface area contributed by atoms with Crippen molar-refractivity contribution in [3.05, 3.63) is 133 Å². The van der Waals surface area contributed by atoms with E-state index in [-0.39, 0.29) is 5.54 Å². The first-order chi connectivity index (χ1) is 16.7. The molecule has 1 aliphatic rings. The number of benzene rings is 4. The molecular weight excluding hydrogens is 414 g/mol. The minimum Gasteiger partial charge on any atom is -0.376 e. The molecule has 0 fully saturated rings. The largest absolute Gasteiger partial charge is 0.376 e. The topological polar surface area (TPSA) is 27.3 Å². The molecule has 0 bridgehead atoms. The van der Waals surface area contributed by atoms with E-state index in [1.54, 1.807) is 0 Å². The average Bonchev–Trinajstić information content (AvgIpc) is 2.86. The van der Waals surface area contributed by atoms with E-state index in [2.05, 4.69) is 138 Å². The lowest BCUT2D eigenvalue weighted by Crippen LogP contribution is -2.32. The summed E-state index contributed by atoms with van der Waals surface area (Å²) in [6.45, 7) is 2.23. The second-order valence-electron chi connectivity index (χ2n) is 8.80. The number of nitrogens with zero attached hydrogens (tertiary/aromatic N) is 1. The molecular formula is C31H29N3. The molecule has 168 valence electrons. The number of anilines is 6. The molecule has 0 saturated carbocycles. The van der Waals surface area contributed by atoms with Crippen LogP contribution in [0.15, 0.2) is 133 Å². The molecule has 2 N–H and O–H groups in total. The maximum absolute atomic E-state index is 3.72. The molecule has 3 nitrogen and oxygen atoms in total. The van der Waals surface area contributed by atoms with E-state index in [0.29, 0.717) is 0 Å². The van der Waals surface area contributed by atoms with Crippen LogP contribution in [0.4, 0.5) is 34.1 Å². The highest BCUT2D eigenvalue weighted by atomic mass is 15.1. The predicted octanol–water partition coefficient (Wildman–Crippen LogP) is 8.59. The van der Waals surface area contributed by atoms with Crippen molar-refractivity contribution in [3.63, 3.8) is 0 Å². The zero-order valence-electron chi connectivity index (χ0n) is 19.4. The number of hydrogen-bond acceptors (Lipinski definition) is 3. The summed E-state index contributed by atoms with van der Waals surface area (Å²) in [6.07, 6.45) is 9.62. The van der Waals surface area contributed by atoms with E-state index in [4.69, 9.17) is 0 Å². The Morgan fingerprint density at radius 1 is 0.618 bits per heavy atom. The Labute approximate surface area is 202 Å². The lowest BCUT2D eigenvalue weighted by Gasteiger charge is -2.31. The second kappa shape index (κ2) is 9.72. The van der Waals surface area contributed by atoms with E-state index >= 15 is 0 Å². The van der Waals surface area contributed by atoms with Gasteiger partial charge in [-0.3, -0.25) is 0 Å². The van der Waals surface area contributed by atoms with Crippen molar-refractivity contribution in [2.45, 2.75) is 18.9 Å². The zero-order valence-corrected chi connectivity index (χ0v) is 19.4. The molecule has 0 aliphatic heterocycles. The summed E-state index contributed by atoms with van der Waals surface area (Å²) in [5.41, 5.74) is 6.43. The van der Waals surface area contributed by atoms with Gasteiger partial charge < -0.3 is 15.5 Å². The van der Waals surface area contributed by atoms with Gasteiger partial charge in [-0.05, 0) is 74.0 Å². The van der Waals surface area contributed by atoms with Crippen LogP contribution in [0.2, 0.25) is 0 Å². The third-order valence-corrected chi connectivity index (χ3v) is 5.97. The van der Waals surface area contributed by atoms with Gasteiger partial charge in [0, 0.05) is 34.1 Å². The maximum atomic E-state index is 3.72. The van der Waals surface area contributed by atoms with Crippen molar-refractivity contribution in [2.24, 2.45) is 0 Å². The Kier molecular flexibility index (Phi) is 6.17. The van der Waals surface area contributed by atoms with Crippen LogP contribution in [-0.4, -0.2) is 5.54 Å². The molecule has 5 rings (SSSR count). The van der Waals surface area contributed by atoms with Crippen molar-refractivity contribution in [2.75, 3.05) is 15.5 Å². The van der Waals surface area contributed by atoms with Crippen molar-refractivity contribution in [3.8, 4) is 0 Å². The van der Waals surface area contributed by atoms with Gasteiger partial charge >= 0.3 is 0 Å². The summed E-state index contributed by atoms with van der Waals surface area (Å²) >= 11 is 0. The van der Waals surface area contributed by atoms with Gasteiger partial charge in [-0.2, -0.15) is 0 Å². The van der Waals surface area contributed by atoms with E-state index < -0.39 is 0 Å². The first-order valence-corrected chi connectivity index (χ1v) is 11.7. The first kappa shape index (κ1) is 21.6. The predicted molar refractivity (Wildman–Crippen MR) is 146 cm³/mol. The summed E-state index contributed by atoms with van der Waals surface area (Å²) in [7, 11) is 0. The molecule has 4 aromatic rings. The summed E-state index contributed by atoms with van der Waals surface area (Å²) in [5.74, 6) is 0. The Hall–Kier alpha value is -4.24. The fourth-order valence-electron chi connectivity index (χ4n) is 4.31. The van der Waals surface area contributed by atoms with Gasteiger partial charge in [0.2, 0.25) is 0 Å². The third-order valence-electron chi connectivity index (χ3n) is 5.97. The number of para-hydroxylation sites is 2. The Morgan fingerprint density at radius 2 is 1.21 bits per heavy atom. The van der Waals surface area contributed by atoms with Gasteiger partial charge in [-0.15, -0.1) is 0 Å². The van der Waals surface area contributed by atoms with E-state index in [9.17, 15) is 0 Å². The van der Waals surface area contributed by atoms with Gasteiger partial charge in [0.1, 0.15) is 0 Å². The van der Waals surface area contributed by atoms with E-state index in [0.717, 1.165) is 40.5 Å². The van der Waals surface area contributed by atoms with Crippen LogP contribution >= 0.6 is 0 Å². The highest BCUT2D eigenvalue weighted by Gasteiger charge is 2.21. The van der Waals surface area contributed by atoms with Crippen LogP contribution in [0.25, 0.3) is 0 Å². The summed E-state index contributed by atoms with van der Waals surface area (Å²) in [5, 5.41) is 7.24. The summed E-state index contributed by atoms with van der Waals surface area (Å²) in [6, 6.07) is 37.9. The fourth-order valence-corrected chi connectivity index (χ4v) is 4.31. The highest BCUT2D eigenvalue weighted by molar-refractivity contribution is 5.80. The third kappa shape index (κ3) is 5.05. The highest BCUT2D eigenvalue weighted by Crippen LogP contribution is 2.37. The standard InChI is InChI=1S/C31H29N3/c1-31(21-9-4-10-22-31)33-27-16-12-20-30(24-27)34(28-17-7-3-8-18-28)29-19-11-15-26(23-29)32-25-13-5-2-6-14-25/h2-21,23-24,32-33H,22H2,1H3. The van der Waals surface area contributed by atoms with Crippen LogP contribution in [0.5, 0.6) is 0 Å². The molecule has 1 unspecified atom stereocenters. The quantitative estimate of drug-likeness (QED) is 0.299.